The number of hydrogen-bond donors (Lipinski definition) is 3. The highest BCUT2D eigenvalue weighted by atomic mass is 16.6. The molecular formula is C30H52N2O6. The lowest BCUT2D eigenvalue weighted by Gasteiger charge is -2.63. The normalized spacial score (nSPS) is 47.5. The molecule has 8 heteroatoms. The van der Waals surface area contributed by atoms with Crippen LogP contribution in [-0.4, -0.2) is 79.3 Å². The Kier molecular flexibility index (Phi) is 8.60. The molecule has 0 aromatic heterocycles. The SMILES string of the molecule is COC1CCC23CC[C@@H](C)[C@](C)(C12)[C@H](OC(=O)NC(=O)[C@H]1CN(C)CC[C@@H]1C)C[C@@](C)(CCO)[C@@H](O)[C@@H]3C. The van der Waals surface area contributed by atoms with Crippen molar-refractivity contribution in [2.24, 2.45) is 45.8 Å². The fourth-order valence-electron chi connectivity index (χ4n) is 9.30. The van der Waals surface area contributed by atoms with Gasteiger partial charge in [-0.15, -0.1) is 0 Å². The summed E-state index contributed by atoms with van der Waals surface area (Å²) in [5.74, 6) is 0.0637. The van der Waals surface area contributed by atoms with Gasteiger partial charge in [0.2, 0.25) is 5.91 Å². The van der Waals surface area contributed by atoms with Gasteiger partial charge in [-0.1, -0.05) is 34.6 Å². The number of ether oxygens (including phenoxy) is 2. The zero-order valence-electron chi connectivity index (χ0n) is 24.7. The van der Waals surface area contributed by atoms with Crippen LogP contribution in [0.2, 0.25) is 0 Å². The number of carbonyl (C=O) groups excluding carboxylic acids is 2. The minimum atomic E-state index is -0.702. The van der Waals surface area contributed by atoms with Crippen LogP contribution >= 0.6 is 0 Å². The number of carbonyl (C=O) groups is 2. The Balaban J connectivity index is 1.68. The Morgan fingerprint density at radius 1 is 1.11 bits per heavy atom. The summed E-state index contributed by atoms with van der Waals surface area (Å²) < 4.78 is 12.4. The number of aliphatic hydroxyl groups excluding tert-OH is 2. The third kappa shape index (κ3) is 4.82. The van der Waals surface area contributed by atoms with Gasteiger partial charge < -0.3 is 24.6 Å². The molecule has 1 saturated heterocycles. The van der Waals surface area contributed by atoms with E-state index in [1.165, 1.54) is 0 Å². The number of imide groups is 1. The summed E-state index contributed by atoms with van der Waals surface area (Å²) in [5, 5.41) is 24.4. The molecule has 0 radical (unpaired) electrons. The maximum atomic E-state index is 13.4. The molecule has 3 saturated carbocycles. The Labute approximate surface area is 229 Å². The second-order valence-electron chi connectivity index (χ2n) is 13.9. The molecule has 11 atom stereocenters. The fraction of sp³-hybridized carbons (Fsp3) is 0.933. The van der Waals surface area contributed by atoms with Crippen LogP contribution < -0.4 is 5.32 Å². The van der Waals surface area contributed by atoms with E-state index >= 15 is 0 Å². The molecular weight excluding hydrogens is 484 g/mol. The molecule has 3 unspecified atom stereocenters. The molecule has 3 aliphatic carbocycles. The number of alkyl carbamates (subject to hydrolysis) is 1. The summed E-state index contributed by atoms with van der Waals surface area (Å²) in [6.45, 7) is 12.3. The van der Waals surface area contributed by atoms with Gasteiger partial charge in [0.25, 0.3) is 0 Å². The predicted octanol–water partition coefficient (Wildman–Crippen LogP) is 3.83. The van der Waals surface area contributed by atoms with Gasteiger partial charge in [-0.2, -0.15) is 0 Å². The maximum absolute atomic E-state index is 13.4. The second-order valence-corrected chi connectivity index (χ2v) is 13.9. The number of piperidine rings is 1. The summed E-state index contributed by atoms with van der Waals surface area (Å²) >= 11 is 0. The van der Waals surface area contributed by atoms with E-state index in [0.29, 0.717) is 19.4 Å². The smallest absolute Gasteiger partial charge is 0.414 e. The van der Waals surface area contributed by atoms with E-state index < -0.39 is 29.1 Å². The van der Waals surface area contributed by atoms with Crippen LogP contribution in [-0.2, 0) is 14.3 Å². The van der Waals surface area contributed by atoms with E-state index in [2.05, 4.69) is 37.9 Å². The van der Waals surface area contributed by atoms with Crippen molar-refractivity contribution in [2.45, 2.75) is 97.9 Å². The average Bonchev–Trinajstić information content (AvgIpc) is 3.27. The molecule has 38 heavy (non-hydrogen) atoms. The highest BCUT2D eigenvalue weighted by molar-refractivity contribution is 5.93. The lowest BCUT2D eigenvalue weighted by atomic mass is 9.43. The summed E-state index contributed by atoms with van der Waals surface area (Å²) in [7, 11) is 3.77. The average molecular weight is 537 g/mol. The number of amides is 2. The van der Waals surface area contributed by atoms with Crippen LogP contribution in [0.3, 0.4) is 0 Å². The van der Waals surface area contributed by atoms with Crippen LogP contribution in [0, 0.1) is 45.8 Å². The lowest BCUT2D eigenvalue weighted by Crippen LogP contribution is -2.64. The number of nitrogens with one attached hydrogen (secondary N) is 1. The van der Waals surface area contributed by atoms with E-state index in [9.17, 15) is 19.8 Å². The zero-order chi connectivity index (χ0) is 28.0. The molecule has 2 amide bonds. The summed E-state index contributed by atoms with van der Waals surface area (Å²) in [5.41, 5.74) is -1.17. The molecule has 0 aromatic rings. The number of aliphatic hydroxyl groups is 2. The van der Waals surface area contributed by atoms with Gasteiger partial charge in [0.1, 0.15) is 6.10 Å². The van der Waals surface area contributed by atoms with Crippen molar-refractivity contribution < 1.29 is 29.3 Å². The summed E-state index contributed by atoms with van der Waals surface area (Å²) in [6.07, 6.45) is 3.78. The third-order valence-electron chi connectivity index (χ3n) is 12.1. The molecule has 4 aliphatic rings. The van der Waals surface area contributed by atoms with E-state index in [-0.39, 0.29) is 53.6 Å². The van der Waals surface area contributed by atoms with Crippen molar-refractivity contribution in [2.75, 3.05) is 33.9 Å². The molecule has 0 spiro atoms. The van der Waals surface area contributed by atoms with Crippen molar-refractivity contribution in [3.63, 3.8) is 0 Å². The Morgan fingerprint density at radius 3 is 2.45 bits per heavy atom. The van der Waals surface area contributed by atoms with Crippen molar-refractivity contribution in [3.8, 4) is 0 Å². The summed E-state index contributed by atoms with van der Waals surface area (Å²) in [6, 6.07) is 0. The Morgan fingerprint density at radius 2 is 1.79 bits per heavy atom. The van der Waals surface area contributed by atoms with Gasteiger partial charge >= 0.3 is 6.09 Å². The monoisotopic (exact) mass is 536 g/mol. The first-order valence-corrected chi connectivity index (χ1v) is 14.9. The first kappa shape index (κ1) is 29.8. The topological polar surface area (TPSA) is 108 Å². The number of likely N-dealkylation sites (tertiary alicyclic amines) is 1. The molecule has 4 fully saturated rings. The standard InChI is InChI=1S/C30H52N2O6/c1-18-10-14-32(6)17-21(18)26(35)31-27(36)38-23-16-28(4,13-15-33)25(34)20(3)30-11-8-19(2)29(23,5)24(30)22(37-7)9-12-30/h18-25,33-34H,8-17H2,1-7H3,(H,31,35,36)/t18-,19+,20-,21-,22?,23+,24?,25-,28+,29-,30?/m0/s1. The van der Waals surface area contributed by atoms with Crippen LogP contribution in [0.4, 0.5) is 4.79 Å². The maximum Gasteiger partial charge on any atom is 0.414 e. The quantitative estimate of drug-likeness (QED) is 0.490. The van der Waals surface area contributed by atoms with Gasteiger partial charge in [0, 0.05) is 31.6 Å². The molecule has 0 aromatic carbocycles. The Bertz CT molecular complexity index is 885. The van der Waals surface area contributed by atoms with E-state index in [4.69, 9.17) is 9.47 Å². The molecule has 1 aliphatic heterocycles. The predicted molar refractivity (Wildman–Crippen MR) is 145 cm³/mol. The highest BCUT2D eigenvalue weighted by Gasteiger charge is 2.68. The Hall–Kier alpha value is -1.22. The summed E-state index contributed by atoms with van der Waals surface area (Å²) in [4.78, 5) is 28.7. The van der Waals surface area contributed by atoms with E-state index in [0.717, 1.165) is 38.6 Å². The molecule has 4 rings (SSSR count). The fourth-order valence-corrected chi connectivity index (χ4v) is 9.30. The van der Waals surface area contributed by atoms with E-state index in [1.807, 2.05) is 14.0 Å². The lowest BCUT2D eigenvalue weighted by molar-refractivity contribution is -0.217. The largest absolute Gasteiger partial charge is 0.445 e. The minimum Gasteiger partial charge on any atom is -0.445 e. The van der Waals surface area contributed by atoms with E-state index in [1.54, 1.807) is 7.11 Å². The van der Waals surface area contributed by atoms with Gasteiger partial charge in [-0.05, 0) is 87.1 Å². The number of rotatable bonds is 5. The van der Waals surface area contributed by atoms with Gasteiger partial charge in [0.15, 0.2) is 0 Å². The second kappa shape index (κ2) is 11.0. The van der Waals surface area contributed by atoms with Crippen LogP contribution in [0.25, 0.3) is 0 Å². The van der Waals surface area contributed by atoms with Gasteiger partial charge in [-0.3, -0.25) is 10.1 Å². The van der Waals surface area contributed by atoms with Crippen LogP contribution in [0.1, 0.15) is 79.6 Å². The van der Waals surface area contributed by atoms with Crippen molar-refractivity contribution in [3.05, 3.63) is 0 Å². The van der Waals surface area contributed by atoms with Crippen molar-refractivity contribution in [1.82, 2.24) is 10.2 Å². The molecule has 2 bridgehead atoms. The highest BCUT2D eigenvalue weighted by Crippen LogP contribution is 2.69. The molecule has 3 N–H and O–H groups in total. The molecule has 8 nitrogen and oxygen atoms in total. The van der Waals surface area contributed by atoms with Crippen LogP contribution in [0.15, 0.2) is 0 Å². The number of methoxy groups -OCH3 is 1. The first-order valence-electron chi connectivity index (χ1n) is 14.9. The molecule has 1 heterocycles. The number of nitrogens with zero attached hydrogens (tertiary/aromatic N) is 1. The minimum absolute atomic E-state index is 0.0222. The van der Waals surface area contributed by atoms with Crippen molar-refractivity contribution in [1.29, 1.82) is 0 Å². The van der Waals surface area contributed by atoms with Gasteiger partial charge in [0.05, 0.1) is 18.1 Å². The first-order chi connectivity index (χ1) is 17.8. The van der Waals surface area contributed by atoms with Crippen LogP contribution in [0.5, 0.6) is 0 Å². The van der Waals surface area contributed by atoms with Gasteiger partial charge in [-0.25, -0.2) is 4.79 Å². The number of hydrogen-bond acceptors (Lipinski definition) is 7. The van der Waals surface area contributed by atoms with Crippen molar-refractivity contribution >= 4 is 12.0 Å². The zero-order valence-corrected chi connectivity index (χ0v) is 24.7. The third-order valence-corrected chi connectivity index (χ3v) is 12.1. The molecule has 218 valence electrons.